The molecule has 9 aromatic rings. The summed E-state index contributed by atoms with van der Waals surface area (Å²) in [5, 5.41) is 4.63. The van der Waals surface area contributed by atoms with E-state index in [4.69, 9.17) is 0 Å². The Morgan fingerprint density at radius 3 is 1.57 bits per heavy atom. The van der Waals surface area contributed by atoms with Crippen LogP contribution in [0.5, 0.6) is 0 Å². The molecule has 51 heavy (non-hydrogen) atoms. The van der Waals surface area contributed by atoms with Crippen LogP contribution in [-0.4, -0.2) is 0 Å². The first kappa shape index (κ1) is 26.2. The maximum Gasteiger partial charge on any atom is 0.0645 e. The molecule has 9 aromatic carbocycles. The number of para-hydroxylation sites is 1. The zero-order valence-corrected chi connectivity index (χ0v) is 27.8. The Morgan fingerprint density at radius 2 is 0.843 bits per heavy atom. The standard InChI is InChI=1S/C50H35N/c1-3-12-40(13-4-1)49-34-29-41-14-9-10-18-48(41)50(49)42-27-32-47(33-28-42)51(45-16-5-2-6-17-45)46-30-25-38(26-31-46)37-19-21-39(22-20-37)44-24-23-36-11-7-8-15-43(36)35-44/h1-35H/i25D,26D,30D,31D. The lowest BCUT2D eigenvalue weighted by atomic mass is 9.89. The summed E-state index contributed by atoms with van der Waals surface area (Å²) in [7, 11) is 0. The Bertz CT molecular complexity index is 2810. The van der Waals surface area contributed by atoms with E-state index >= 15 is 0 Å². The minimum atomic E-state index is -0.108. The molecule has 0 heterocycles. The van der Waals surface area contributed by atoms with Gasteiger partial charge in [-0.2, -0.15) is 0 Å². The molecular formula is C50H35N. The number of hydrogen-bond donors (Lipinski definition) is 0. The zero-order valence-electron chi connectivity index (χ0n) is 31.8. The first-order valence-electron chi connectivity index (χ1n) is 19.2. The summed E-state index contributed by atoms with van der Waals surface area (Å²) in [6.07, 6.45) is 0. The smallest absolute Gasteiger partial charge is 0.0645 e. The Balaban J connectivity index is 1.13. The lowest BCUT2D eigenvalue weighted by molar-refractivity contribution is 1.28. The second kappa shape index (κ2) is 13.3. The van der Waals surface area contributed by atoms with Crippen LogP contribution in [-0.2, 0) is 0 Å². The largest absolute Gasteiger partial charge is 0.311 e. The van der Waals surface area contributed by atoms with Crippen molar-refractivity contribution in [1.29, 1.82) is 0 Å². The van der Waals surface area contributed by atoms with E-state index in [0.29, 0.717) is 5.56 Å². The monoisotopic (exact) mass is 653 g/mol. The molecule has 0 aromatic heterocycles. The summed E-state index contributed by atoms with van der Waals surface area (Å²) in [4.78, 5) is 1.83. The van der Waals surface area contributed by atoms with Crippen LogP contribution >= 0.6 is 0 Å². The topological polar surface area (TPSA) is 3.24 Å². The van der Waals surface area contributed by atoms with Gasteiger partial charge in [-0.3, -0.25) is 0 Å². The summed E-state index contributed by atoms with van der Waals surface area (Å²) in [6.45, 7) is 0. The first-order valence-corrected chi connectivity index (χ1v) is 17.2. The van der Waals surface area contributed by atoms with Crippen molar-refractivity contribution >= 4 is 38.6 Å². The van der Waals surface area contributed by atoms with Gasteiger partial charge in [-0.05, 0) is 108 Å². The molecule has 1 nitrogen and oxygen atoms in total. The van der Waals surface area contributed by atoms with Crippen molar-refractivity contribution in [2.24, 2.45) is 0 Å². The van der Waals surface area contributed by atoms with Gasteiger partial charge in [0.05, 0.1) is 5.48 Å². The van der Waals surface area contributed by atoms with E-state index in [2.05, 4.69) is 103 Å². The third kappa shape index (κ3) is 5.96. The Hall–Kier alpha value is -6.70. The van der Waals surface area contributed by atoms with E-state index in [-0.39, 0.29) is 35.4 Å². The van der Waals surface area contributed by atoms with Crippen LogP contribution in [0.1, 0.15) is 5.48 Å². The number of nitrogens with zero attached hydrogens (tertiary/aromatic N) is 1. The molecule has 0 bridgehead atoms. The van der Waals surface area contributed by atoms with Gasteiger partial charge in [0.1, 0.15) is 0 Å². The molecule has 0 aliphatic carbocycles. The van der Waals surface area contributed by atoms with Crippen molar-refractivity contribution in [3.05, 3.63) is 212 Å². The van der Waals surface area contributed by atoms with Gasteiger partial charge in [0.15, 0.2) is 0 Å². The minimum Gasteiger partial charge on any atom is -0.311 e. The third-order valence-corrected chi connectivity index (χ3v) is 9.53. The second-order valence-electron chi connectivity index (χ2n) is 12.7. The van der Waals surface area contributed by atoms with Crippen molar-refractivity contribution in [1.82, 2.24) is 0 Å². The van der Waals surface area contributed by atoms with E-state index in [1.807, 2.05) is 89.8 Å². The van der Waals surface area contributed by atoms with E-state index in [0.717, 1.165) is 60.9 Å². The van der Waals surface area contributed by atoms with Gasteiger partial charge in [0.2, 0.25) is 0 Å². The summed E-state index contributed by atoms with van der Waals surface area (Å²) >= 11 is 0. The van der Waals surface area contributed by atoms with Crippen LogP contribution in [0.25, 0.3) is 66.1 Å². The van der Waals surface area contributed by atoms with Crippen LogP contribution in [0.3, 0.4) is 0 Å². The van der Waals surface area contributed by atoms with Gasteiger partial charge in [-0.25, -0.2) is 0 Å². The van der Waals surface area contributed by atoms with E-state index < -0.39 is 0 Å². The molecule has 0 N–H and O–H groups in total. The molecular weight excluding hydrogens is 615 g/mol. The summed E-state index contributed by atoms with van der Waals surface area (Å²) in [5.41, 5.74) is 9.07. The van der Waals surface area contributed by atoms with Crippen LogP contribution in [0.4, 0.5) is 17.1 Å². The summed E-state index contributed by atoms with van der Waals surface area (Å²) < 4.78 is 37.2. The van der Waals surface area contributed by atoms with Crippen molar-refractivity contribution in [3.8, 4) is 44.5 Å². The highest BCUT2D eigenvalue weighted by Gasteiger charge is 2.16. The number of anilines is 3. The fourth-order valence-corrected chi connectivity index (χ4v) is 6.96. The van der Waals surface area contributed by atoms with Crippen molar-refractivity contribution in [2.45, 2.75) is 0 Å². The highest BCUT2D eigenvalue weighted by molar-refractivity contribution is 6.04. The van der Waals surface area contributed by atoms with Gasteiger partial charge in [-0.1, -0.05) is 170 Å². The van der Waals surface area contributed by atoms with E-state index in [1.165, 1.54) is 5.39 Å². The predicted octanol–water partition coefficient (Wildman–Crippen LogP) is 14.1. The Kier molecular flexibility index (Phi) is 6.84. The molecule has 0 spiro atoms. The highest BCUT2D eigenvalue weighted by atomic mass is 15.1. The molecule has 0 unspecified atom stereocenters. The third-order valence-electron chi connectivity index (χ3n) is 9.53. The van der Waals surface area contributed by atoms with Gasteiger partial charge < -0.3 is 4.90 Å². The lowest BCUT2D eigenvalue weighted by Crippen LogP contribution is -2.09. The number of fused-ring (bicyclic) bond motifs is 2. The maximum absolute atomic E-state index is 9.36. The van der Waals surface area contributed by atoms with Gasteiger partial charge in [-0.15, -0.1) is 0 Å². The van der Waals surface area contributed by atoms with Gasteiger partial charge in [0.25, 0.3) is 0 Å². The van der Waals surface area contributed by atoms with Crippen molar-refractivity contribution < 1.29 is 5.48 Å². The fourth-order valence-electron chi connectivity index (χ4n) is 6.96. The van der Waals surface area contributed by atoms with Crippen LogP contribution in [0.2, 0.25) is 0 Å². The molecule has 0 saturated carbocycles. The van der Waals surface area contributed by atoms with Gasteiger partial charge in [0, 0.05) is 17.1 Å². The Labute approximate surface area is 305 Å². The number of rotatable bonds is 7. The number of hydrogen-bond acceptors (Lipinski definition) is 1. The predicted molar refractivity (Wildman–Crippen MR) is 218 cm³/mol. The molecule has 0 aliphatic heterocycles. The van der Waals surface area contributed by atoms with Crippen LogP contribution < -0.4 is 4.90 Å². The normalized spacial score (nSPS) is 12.2. The molecule has 0 radical (unpaired) electrons. The van der Waals surface area contributed by atoms with Crippen molar-refractivity contribution in [2.75, 3.05) is 4.90 Å². The molecule has 0 fully saturated rings. The summed E-state index contributed by atoms with van der Waals surface area (Å²) in [6, 6.07) is 62.9. The number of benzene rings is 9. The van der Waals surface area contributed by atoms with Crippen LogP contribution in [0.15, 0.2) is 212 Å². The molecule has 240 valence electrons. The zero-order chi connectivity index (χ0) is 37.5. The SMILES string of the molecule is [2H]c1c([2H])c(N(c2ccccc2)c2ccc(-c3c(-c4ccccc4)ccc4ccccc34)cc2)c([2H])c([2H])c1-c1ccc(-c2ccc3ccccc3c2)cc1. The van der Waals surface area contributed by atoms with E-state index in [9.17, 15) is 5.48 Å². The highest BCUT2D eigenvalue weighted by Crippen LogP contribution is 2.41. The molecule has 0 amide bonds. The second-order valence-corrected chi connectivity index (χ2v) is 12.7. The molecule has 0 atom stereocenters. The van der Waals surface area contributed by atoms with E-state index in [1.54, 1.807) is 0 Å². The molecule has 0 saturated heterocycles. The minimum absolute atomic E-state index is 0.0877. The van der Waals surface area contributed by atoms with Crippen molar-refractivity contribution in [3.63, 3.8) is 0 Å². The quantitative estimate of drug-likeness (QED) is 0.165. The molecule has 0 aliphatic rings. The molecule has 1 heteroatoms. The summed E-state index contributed by atoms with van der Waals surface area (Å²) in [5.74, 6) is 0. The maximum atomic E-state index is 9.36. The first-order chi connectivity index (χ1) is 27.0. The van der Waals surface area contributed by atoms with Gasteiger partial charge >= 0.3 is 0 Å². The average molecular weight is 654 g/mol. The average Bonchev–Trinajstić information content (AvgIpc) is 3.25. The fraction of sp³-hybridized carbons (Fsp3) is 0. The molecule has 9 rings (SSSR count). The Morgan fingerprint density at radius 1 is 0.314 bits per heavy atom. The van der Waals surface area contributed by atoms with Crippen LogP contribution in [0, 0.1) is 0 Å². The lowest BCUT2D eigenvalue weighted by Gasteiger charge is -2.26.